The summed E-state index contributed by atoms with van der Waals surface area (Å²) in [4.78, 5) is 18.0. The van der Waals surface area contributed by atoms with Crippen LogP contribution in [0.5, 0.6) is 0 Å². The van der Waals surface area contributed by atoms with Gasteiger partial charge in [0.25, 0.3) is 0 Å². The Bertz CT molecular complexity index is 1360. The lowest BCUT2D eigenvalue weighted by Crippen LogP contribution is -2.11. The molecule has 5 aromatic rings. The lowest BCUT2D eigenvalue weighted by Gasteiger charge is -2.18. The van der Waals surface area contributed by atoms with Crippen molar-refractivity contribution in [1.29, 1.82) is 0 Å². The van der Waals surface area contributed by atoms with Gasteiger partial charge in [0, 0.05) is 23.1 Å². The van der Waals surface area contributed by atoms with Gasteiger partial charge in [-0.1, -0.05) is 109 Å². The van der Waals surface area contributed by atoms with Crippen molar-refractivity contribution in [3.05, 3.63) is 138 Å². The first-order chi connectivity index (χ1) is 16.3. The molecule has 33 heavy (non-hydrogen) atoms. The van der Waals surface area contributed by atoms with Crippen LogP contribution in [0.3, 0.4) is 0 Å². The van der Waals surface area contributed by atoms with E-state index < -0.39 is 0 Å². The summed E-state index contributed by atoms with van der Waals surface area (Å²) in [6.07, 6.45) is 1.16. The molecule has 2 nitrogen and oxygen atoms in total. The van der Waals surface area contributed by atoms with Gasteiger partial charge < -0.3 is 0 Å². The number of hydrogen-bond acceptors (Lipinski definition) is 2. The van der Waals surface area contributed by atoms with Crippen molar-refractivity contribution in [2.75, 3.05) is 0 Å². The molecule has 1 atom stereocenters. The molecule has 1 aromatic heterocycles. The molecule has 4 aromatic carbocycles. The van der Waals surface area contributed by atoms with E-state index >= 15 is 0 Å². The molecule has 0 spiro atoms. The van der Waals surface area contributed by atoms with Crippen LogP contribution in [0.2, 0.25) is 0 Å². The number of rotatable bonds is 7. The zero-order valence-corrected chi connectivity index (χ0v) is 18.4. The van der Waals surface area contributed by atoms with Crippen molar-refractivity contribution < 1.29 is 4.79 Å². The van der Waals surface area contributed by atoms with Gasteiger partial charge in [0.1, 0.15) is 0 Å². The lowest BCUT2D eigenvalue weighted by molar-refractivity contribution is 0.0973. The van der Waals surface area contributed by atoms with Gasteiger partial charge in [-0.3, -0.25) is 9.78 Å². The van der Waals surface area contributed by atoms with Gasteiger partial charge in [0.15, 0.2) is 5.78 Å². The topological polar surface area (TPSA) is 30.0 Å². The number of ketones is 1. The number of pyridine rings is 1. The van der Waals surface area contributed by atoms with Gasteiger partial charge in [-0.25, -0.2) is 0 Å². The van der Waals surface area contributed by atoms with Crippen LogP contribution in [0, 0.1) is 0 Å². The molecule has 1 unspecified atom stereocenters. The smallest absolute Gasteiger partial charge is 0.163 e. The standard InChI is InChI=1S/C31H25NO/c33-31(27-12-5-2-6-13-27)22-28(21-29-20-19-26-11-7-8-14-30(26)32-29)25-17-15-24(16-18-25)23-9-3-1-4-10-23/h1-20,28H,21-22H2. The minimum absolute atomic E-state index is 0.0520. The van der Waals surface area contributed by atoms with E-state index in [2.05, 4.69) is 66.7 Å². The van der Waals surface area contributed by atoms with Crippen molar-refractivity contribution in [2.24, 2.45) is 0 Å². The highest BCUT2D eigenvalue weighted by Crippen LogP contribution is 2.29. The Kier molecular flexibility index (Phi) is 6.08. The van der Waals surface area contributed by atoms with E-state index in [9.17, 15) is 4.79 Å². The fourth-order valence-electron chi connectivity index (χ4n) is 4.33. The third-order valence-electron chi connectivity index (χ3n) is 6.13. The summed E-state index contributed by atoms with van der Waals surface area (Å²) in [6, 6.07) is 40.9. The third kappa shape index (κ3) is 4.91. The molecular weight excluding hydrogens is 402 g/mol. The predicted molar refractivity (Wildman–Crippen MR) is 135 cm³/mol. The minimum Gasteiger partial charge on any atom is -0.294 e. The number of aromatic nitrogens is 1. The molecule has 1 heterocycles. The van der Waals surface area contributed by atoms with Crippen LogP contribution < -0.4 is 0 Å². The van der Waals surface area contributed by atoms with E-state index in [1.165, 1.54) is 11.1 Å². The highest BCUT2D eigenvalue weighted by molar-refractivity contribution is 5.96. The van der Waals surface area contributed by atoms with Crippen LogP contribution in [0.15, 0.2) is 121 Å². The molecule has 0 N–H and O–H groups in total. The first-order valence-corrected chi connectivity index (χ1v) is 11.3. The molecule has 0 radical (unpaired) electrons. The van der Waals surface area contributed by atoms with Crippen LogP contribution in [0.1, 0.15) is 34.0 Å². The lowest BCUT2D eigenvalue weighted by atomic mass is 9.87. The number of nitrogens with zero attached hydrogens (tertiary/aromatic N) is 1. The maximum Gasteiger partial charge on any atom is 0.163 e. The highest BCUT2D eigenvalue weighted by Gasteiger charge is 2.19. The van der Waals surface area contributed by atoms with Crippen LogP contribution in [0.4, 0.5) is 0 Å². The average Bonchev–Trinajstić information content (AvgIpc) is 2.89. The molecule has 0 bridgehead atoms. The number of carbonyl (C=O) groups excluding carboxylic acids is 1. The Balaban J connectivity index is 1.45. The summed E-state index contributed by atoms with van der Waals surface area (Å²) in [5.74, 6) is 0.213. The molecule has 0 saturated carbocycles. The number of hydrogen-bond donors (Lipinski definition) is 0. The van der Waals surface area contributed by atoms with E-state index in [-0.39, 0.29) is 11.7 Å². The summed E-state index contributed by atoms with van der Waals surface area (Å²) < 4.78 is 0. The van der Waals surface area contributed by atoms with Crippen LogP contribution in [-0.4, -0.2) is 10.8 Å². The van der Waals surface area contributed by atoms with Crippen molar-refractivity contribution in [1.82, 2.24) is 4.98 Å². The van der Waals surface area contributed by atoms with Crippen molar-refractivity contribution in [2.45, 2.75) is 18.8 Å². The van der Waals surface area contributed by atoms with E-state index in [1.54, 1.807) is 0 Å². The second-order valence-corrected chi connectivity index (χ2v) is 8.38. The first-order valence-electron chi connectivity index (χ1n) is 11.3. The van der Waals surface area contributed by atoms with Gasteiger partial charge in [0.2, 0.25) is 0 Å². The van der Waals surface area contributed by atoms with Gasteiger partial charge in [-0.05, 0) is 41.2 Å². The Morgan fingerprint density at radius 3 is 2.03 bits per heavy atom. The predicted octanol–water partition coefficient (Wildman–Crippen LogP) is 7.50. The number of carbonyl (C=O) groups is 1. The normalized spacial score (nSPS) is 11.9. The summed E-state index contributed by atoms with van der Waals surface area (Å²) >= 11 is 0. The summed E-state index contributed by atoms with van der Waals surface area (Å²) in [5, 5.41) is 1.13. The van der Waals surface area contributed by atoms with Gasteiger partial charge in [0.05, 0.1) is 5.52 Å². The van der Waals surface area contributed by atoms with Crippen molar-refractivity contribution >= 4 is 16.7 Å². The molecule has 0 amide bonds. The monoisotopic (exact) mass is 427 g/mol. The zero-order chi connectivity index (χ0) is 22.5. The van der Waals surface area contributed by atoms with E-state index in [0.29, 0.717) is 12.8 Å². The summed E-state index contributed by atoms with van der Waals surface area (Å²) in [6.45, 7) is 0. The van der Waals surface area contributed by atoms with Gasteiger partial charge >= 0.3 is 0 Å². The summed E-state index contributed by atoms with van der Waals surface area (Å²) in [5.41, 5.74) is 6.28. The molecule has 0 fully saturated rings. The second kappa shape index (κ2) is 9.62. The first kappa shape index (κ1) is 20.8. The summed E-state index contributed by atoms with van der Waals surface area (Å²) in [7, 11) is 0. The van der Waals surface area contributed by atoms with Crippen LogP contribution in [-0.2, 0) is 6.42 Å². The molecule has 160 valence electrons. The molecule has 0 aliphatic carbocycles. The Hall–Kier alpha value is -4.04. The van der Waals surface area contributed by atoms with E-state index in [1.807, 2.05) is 54.6 Å². The molecule has 0 aliphatic rings. The SMILES string of the molecule is O=C(CC(Cc1ccc2ccccc2n1)c1ccc(-c2ccccc2)cc1)c1ccccc1. The van der Waals surface area contributed by atoms with E-state index in [0.717, 1.165) is 27.7 Å². The number of benzene rings is 4. The molecule has 0 saturated heterocycles. The molecule has 5 rings (SSSR count). The second-order valence-electron chi connectivity index (χ2n) is 8.38. The Labute approximate surface area is 194 Å². The average molecular weight is 428 g/mol. The van der Waals surface area contributed by atoms with Crippen LogP contribution in [0.25, 0.3) is 22.0 Å². The van der Waals surface area contributed by atoms with Crippen molar-refractivity contribution in [3.63, 3.8) is 0 Å². The Morgan fingerprint density at radius 2 is 1.27 bits per heavy atom. The maximum atomic E-state index is 13.1. The maximum absolute atomic E-state index is 13.1. The molecule has 2 heteroatoms. The number of para-hydroxylation sites is 1. The fraction of sp³-hybridized carbons (Fsp3) is 0.0968. The van der Waals surface area contributed by atoms with Gasteiger partial charge in [-0.15, -0.1) is 0 Å². The minimum atomic E-state index is 0.0520. The number of Topliss-reactive ketones (excluding diaryl/α,β-unsaturated/α-hetero) is 1. The largest absolute Gasteiger partial charge is 0.294 e. The fourth-order valence-corrected chi connectivity index (χ4v) is 4.33. The highest BCUT2D eigenvalue weighted by atomic mass is 16.1. The number of fused-ring (bicyclic) bond motifs is 1. The quantitative estimate of drug-likeness (QED) is 0.252. The molecular formula is C31H25NO. The molecule has 0 aliphatic heterocycles. The van der Waals surface area contributed by atoms with Gasteiger partial charge in [-0.2, -0.15) is 0 Å². The van der Waals surface area contributed by atoms with E-state index in [4.69, 9.17) is 4.98 Å². The van der Waals surface area contributed by atoms with Crippen molar-refractivity contribution in [3.8, 4) is 11.1 Å². The Morgan fingerprint density at radius 1 is 0.636 bits per heavy atom. The third-order valence-corrected chi connectivity index (χ3v) is 6.13. The van der Waals surface area contributed by atoms with Crippen LogP contribution >= 0.6 is 0 Å². The zero-order valence-electron chi connectivity index (χ0n) is 18.4.